The fourth-order valence-electron chi connectivity index (χ4n) is 5.60. The minimum Gasteiger partial charge on any atom is -0.657 e. The molecule has 2 aliphatic heterocycles. The number of rotatable bonds is 8. The van der Waals surface area contributed by atoms with Crippen molar-refractivity contribution in [3.8, 4) is 0 Å². The van der Waals surface area contributed by atoms with Gasteiger partial charge in [-0.1, -0.05) is 66.3 Å². The largest absolute Gasteiger partial charge is 0.657 e. The van der Waals surface area contributed by atoms with Crippen LogP contribution in [0.3, 0.4) is 0 Å². The first-order valence-electron chi connectivity index (χ1n) is 13.7. The van der Waals surface area contributed by atoms with Crippen LogP contribution in [0.2, 0.25) is 0 Å². The van der Waals surface area contributed by atoms with Crippen LogP contribution in [0.4, 0.5) is 0 Å². The number of carboxylic acids is 2. The molecule has 9 heteroatoms. The number of carbonyl (C=O) groups excluding carboxylic acids is 2. The summed E-state index contributed by atoms with van der Waals surface area (Å²) in [6.07, 6.45) is 3.65. The first-order chi connectivity index (χ1) is 20.0. The number of aromatic nitrogens is 4. The summed E-state index contributed by atoms with van der Waals surface area (Å²) in [4.78, 5) is 42.4. The molecule has 0 spiro atoms. The van der Waals surface area contributed by atoms with Crippen molar-refractivity contribution in [2.75, 3.05) is 0 Å². The van der Waals surface area contributed by atoms with Crippen LogP contribution in [0.15, 0.2) is 43.5 Å². The van der Waals surface area contributed by atoms with Crippen molar-refractivity contribution in [1.82, 2.24) is 19.9 Å². The first kappa shape index (κ1) is 31.5. The second-order valence-corrected chi connectivity index (χ2v) is 10.5. The molecule has 2 aliphatic rings. The van der Waals surface area contributed by atoms with Gasteiger partial charge < -0.3 is 29.8 Å². The summed E-state index contributed by atoms with van der Waals surface area (Å²) in [5.74, 6) is -2.31. The molecule has 0 amide bonds. The van der Waals surface area contributed by atoms with E-state index in [9.17, 15) is 19.8 Å². The topological polar surface area (TPSA) is 134 Å². The Morgan fingerprint density at radius 1 is 0.721 bits per heavy atom. The van der Waals surface area contributed by atoms with E-state index in [0.29, 0.717) is 28.1 Å². The van der Waals surface area contributed by atoms with Gasteiger partial charge in [0.15, 0.2) is 0 Å². The Morgan fingerprint density at radius 3 is 1.91 bits per heavy atom. The Morgan fingerprint density at radius 2 is 1.26 bits per heavy atom. The third-order valence-electron chi connectivity index (χ3n) is 8.04. The standard InChI is InChI=1S/C34H34N4O4.Fe/c1-7-21-17(3)25-13-26-19(5)23(9-11-33(39)40)31(37-26)16-32-24(10-12-34(41)42)20(6)28(38-32)15-30-22(8-2)18(4)27(36-30)14-29(21)35-25;/h7-8,13-16H,1-2,9-12H2,3-6H3,(H4,35,36,37,38,39,40,41,42);/p-4. The summed E-state index contributed by atoms with van der Waals surface area (Å²) in [6, 6.07) is 7.52. The minimum absolute atomic E-state index is 0. The van der Waals surface area contributed by atoms with Gasteiger partial charge in [-0.25, -0.2) is 9.97 Å². The summed E-state index contributed by atoms with van der Waals surface area (Å²) in [5, 5.41) is 22.8. The van der Waals surface area contributed by atoms with Gasteiger partial charge in [0, 0.05) is 34.6 Å². The quantitative estimate of drug-likeness (QED) is 0.347. The smallest absolute Gasteiger partial charge is 0.0700 e. The van der Waals surface area contributed by atoms with Crippen LogP contribution in [0.5, 0.6) is 0 Å². The summed E-state index contributed by atoms with van der Waals surface area (Å²) in [5.41, 5.74) is 12.2. The van der Waals surface area contributed by atoms with E-state index < -0.39 is 11.9 Å². The average molecular weight is 614 g/mol. The Hall–Kier alpha value is -4.46. The Labute approximate surface area is 260 Å². The molecule has 3 aromatic rings. The van der Waals surface area contributed by atoms with Gasteiger partial charge in [-0.3, -0.25) is 0 Å². The molecule has 0 aliphatic carbocycles. The van der Waals surface area contributed by atoms with Gasteiger partial charge in [0.25, 0.3) is 0 Å². The SMILES string of the molecule is C=CC1=C(C)c2cc3[n-]c(cc4nc(cc5[n-]c(cc1n2)c(C)c5CCC(=O)[O-])C(CCC(=O)[O-])=C4C)c(C)c3C=C.[Fe]. The van der Waals surface area contributed by atoms with Crippen molar-refractivity contribution in [2.24, 2.45) is 0 Å². The van der Waals surface area contributed by atoms with Crippen molar-refractivity contribution in [1.29, 1.82) is 0 Å². The van der Waals surface area contributed by atoms with Crippen LogP contribution < -0.4 is 20.2 Å². The molecule has 8 bridgehead atoms. The summed E-state index contributed by atoms with van der Waals surface area (Å²) in [7, 11) is 0. The zero-order valence-corrected chi connectivity index (χ0v) is 25.6. The number of nitrogens with zero attached hydrogens (tertiary/aromatic N) is 4. The van der Waals surface area contributed by atoms with E-state index in [1.165, 1.54) is 0 Å². The van der Waals surface area contributed by atoms with Gasteiger partial charge in [-0.2, -0.15) is 0 Å². The second-order valence-electron chi connectivity index (χ2n) is 10.5. The number of fused-ring (bicyclic) bond motifs is 8. The molecule has 222 valence electrons. The van der Waals surface area contributed by atoms with E-state index in [2.05, 4.69) is 13.2 Å². The molecule has 5 rings (SSSR count). The monoisotopic (exact) mass is 614 g/mol. The zero-order valence-electron chi connectivity index (χ0n) is 24.5. The number of carbonyl (C=O) groups is 2. The molecule has 3 aromatic heterocycles. The van der Waals surface area contributed by atoms with Crippen molar-refractivity contribution < 1.29 is 36.9 Å². The van der Waals surface area contributed by atoms with Crippen LogP contribution in [0.1, 0.15) is 78.1 Å². The first-order valence-corrected chi connectivity index (χ1v) is 13.7. The molecule has 0 aromatic carbocycles. The fourth-order valence-corrected chi connectivity index (χ4v) is 5.60. The molecule has 43 heavy (non-hydrogen) atoms. The van der Waals surface area contributed by atoms with Crippen LogP contribution in [-0.2, 0) is 33.1 Å². The van der Waals surface area contributed by atoms with Gasteiger partial charge in [0.2, 0.25) is 0 Å². The van der Waals surface area contributed by atoms with Crippen LogP contribution >= 0.6 is 0 Å². The van der Waals surface area contributed by atoms with Gasteiger partial charge in [0.1, 0.15) is 0 Å². The zero-order chi connectivity index (χ0) is 30.3. The van der Waals surface area contributed by atoms with Gasteiger partial charge in [-0.05, 0) is 75.7 Å². The van der Waals surface area contributed by atoms with Crippen molar-refractivity contribution in [3.05, 3.63) is 88.5 Å². The maximum absolute atomic E-state index is 11.4. The molecule has 0 N–H and O–H groups in total. The minimum atomic E-state index is -1.16. The van der Waals surface area contributed by atoms with Crippen LogP contribution in [-0.4, -0.2) is 21.9 Å². The maximum atomic E-state index is 11.4. The van der Waals surface area contributed by atoms with Gasteiger partial charge >= 0.3 is 0 Å². The summed E-state index contributed by atoms with van der Waals surface area (Å²) in [6.45, 7) is 15.8. The van der Waals surface area contributed by atoms with Crippen molar-refractivity contribution in [2.45, 2.75) is 53.4 Å². The van der Waals surface area contributed by atoms with Crippen molar-refractivity contribution in [3.63, 3.8) is 0 Å². The Kier molecular flexibility index (Phi) is 9.09. The molecule has 0 saturated heterocycles. The Bertz CT molecular complexity index is 1920. The number of allylic oxidation sites excluding steroid dienone is 5. The van der Waals surface area contributed by atoms with E-state index in [-0.39, 0.29) is 42.8 Å². The molecule has 0 saturated carbocycles. The summed E-state index contributed by atoms with van der Waals surface area (Å²) < 4.78 is 0. The van der Waals surface area contributed by atoms with Gasteiger partial charge in [0.05, 0.1) is 22.8 Å². The van der Waals surface area contributed by atoms with E-state index in [0.717, 1.165) is 61.3 Å². The fraction of sp³-hybridized carbons (Fsp3) is 0.235. The molecular weight excluding hydrogens is 584 g/mol. The molecule has 5 heterocycles. The molecule has 0 unspecified atom stereocenters. The third kappa shape index (κ3) is 5.91. The van der Waals surface area contributed by atoms with Crippen LogP contribution in [0.25, 0.3) is 50.4 Å². The second kappa shape index (κ2) is 12.4. The maximum Gasteiger partial charge on any atom is 0.0700 e. The summed E-state index contributed by atoms with van der Waals surface area (Å²) >= 11 is 0. The average Bonchev–Trinajstić information content (AvgIpc) is 3.59. The number of hydrogen-bond acceptors (Lipinski definition) is 6. The molecule has 0 atom stereocenters. The third-order valence-corrected chi connectivity index (χ3v) is 8.04. The Balaban J connectivity index is 0.00000423. The number of aliphatic carboxylic acids is 2. The van der Waals surface area contributed by atoms with E-state index in [1.807, 2.05) is 45.9 Å². The van der Waals surface area contributed by atoms with E-state index in [1.54, 1.807) is 18.2 Å². The number of aryl methyl sites for hydroxylation is 3. The number of carboxylic acid groups (broad SMARTS) is 2. The van der Waals surface area contributed by atoms with Crippen molar-refractivity contribution >= 4 is 62.4 Å². The molecule has 8 nitrogen and oxygen atoms in total. The van der Waals surface area contributed by atoms with Gasteiger partial charge in [-0.15, -0.1) is 22.1 Å². The number of hydrogen-bond donors (Lipinski definition) is 0. The predicted molar refractivity (Wildman–Crippen MR) is 161 cm³/mol. The normalized spacial score (nSPS) is 12.7. The van der Waals surface area contributed by atoms with Crippen LogP contribution in [0, 0.1) is 13.8 Å². The van der Waals surface area contributed by atoms with E-state index >= 15 is 0 Å². The van der Waals surface area contributed by atoms with E-state index in [4.69, 9.17) is 19.9 Å². The molecule has 0 radical (unpaired) electrons. The molecule has 0 fully saturated rings. The predicted octanol–water partition coefficient (Wildman–Crippen LogP) is 4.09. The molecular formula is C34H30FeN4O4-4.